The van der Waals surface area contributed by atoms with Crippen LogP contribution in [-0.2, 0) is 11.8 Å². The molecule has 0 radical (unpaired) electrons. The molecule has 2 saturated heterocycles. The first kappa shape index (κ1) is 31.2. The van der Waals surface area contributed by atoms with Gasteiger partial charge in [-0.15, -0.1) is 0 Å². The molecule has 46 heavy (non-hydrogen) atoms. The van der Waals surface area contributed by atoms with Gasteiger partial charge in [-0.1, -0.05) is 17.3 Å². The molecule has 1 amide bonds. The summed E-state index contributed by atoms with van der Waals surface area (Å²) in [5, 5.41) is 13.8. The van der Waals surface area contributed by atoms with Crippen LogP contribution in [0.3, 0.4) is 0 Å². The monoisotopic (exact) mass is 628 g/mol. The van der Waals surface area contributed by atoms with Crippen LogP contribution in [-0.4, -0.2) is 79.4 Å². The van der Waals surface area contributed by atoms with Gasteiger partial charge in [0.2, 0.25) is 5.89 Å². The predicted molar refractivity (Wildman–Crippen MR) is 168 cm³/mol. The average molecular weight is 629 g/mol. The molecule has 5 heterocycles. The largest absolute Gasteiger partial charge is 0.444 e. The molecule has 2 aliphatic heterocycles. The third-order valence-corrected chi connectivity index (χ3v) is 8.63. The van der Waals surface area contributed by atoms with Gasteiger partial charge in [0.25, 0.3) is 5.56 Å². The standard InChI is InChI=1S/C33H37FN8O4/c1-19-16-42(20(2)15-41(19)26-13-27(43)39(6)25-12-11-24(14-35)36-28(25)26)29(21-7-9-23(34)10-8-21)31-37-30(38-46-31)22-17-40(18-22)32(44)45-33(3,4)5/h7-13,19-20,22,29H,15-18H2,1-6H3/t19-,20+,29?/m0/s1. The van der Waals surface area contributed by atoms with Crippen molar-refractivity contribution in [2.45, 2.75) is 64.3 Å². The quantitative estimate of drug-likeness (QED) is 0.314. The third kappa shape index (κ3) is 5.92. The summed E-state index contributed by atoms with van der Waals surface area (Å²) < 4.78 is 26.9. The van der Waals surface area contributed by atoms with Crippen LogP contribution in [0.15, 0.2) is 51.8 Å². The summed E-state index contributed by atoms with van der Waals surface area (Å²) in [4.78, 5) is 40.8. The molecule has 0 aliphatic carbocycles. The lowest BCUT2D eigenvalue weighted by Gasteiger charge is -2.47. The molecule has 3 aromatic heterocycles. The van der Waals surface area contributed by atoms with Crippen LogP contribution in [0.4, 0.5) is 14.9 Å². The van der Waals surface area contributed by atoms with Crippen molar-refractivity contribution in [3.05, 3.63) is 81.6 Å². The molecule has 13 heteroatoms. The van der Waals surface area contributed by atoms with E-state index in [0.717, 1.165) is 5.56 Å². The summed E-state index contributed by atoms with van der Waals surface area (Å²) in [5.41, 5.74) is 2.23. The average Bonchev–Trinajstić information content (AvgIpc) is 3.44. The number of hydrogen-bond acceptors (Lipinski definition) is 10. The second-order valence-corrected chi connectivity index (χ2v) is 13.2. The lowest BCUT2D eigenvalue weighted by molar-refractivity contribution is 0.00733. The number of amides is 1. The van der Waals surface area contributed by atoms with E-state index in [-0.39, 0.29) is 41.2 Å². The Morgan fingerprint density at radius 3 is 2.46 bits per heavy atom. The highest BCUT2D eigenvalue weighted by atomic mass is 19.1. The first-order chi connectivity index (χ1) is 21.8. The highest BCUT2D eigenvalue weighted by molar-refractivity contribution is 5.89. The Kier molecular flexibility index (Phi) is 8.02. The zero-order chi connectivity index (χ0) is 32.9. The van der Waals surface area contributed by atoms with E-state index in [2.05, 4.69) is 39.9 Å². The number of hydrogen-bond donors (Lipinski definition) is 0. The number of aromatic nitrogens is 4. The fourth-order valence-electron chi connectivity index (χ4n) is 6.20. The Labute approximate surface area is 266 Å². The lowest BCUT2D eigenvalue weighted by Crippen LogP contribution is -2.57. The van der Waals surface area contributed by atoms with Gasteiger partial charge in [-0.3, -0.25) is 9.69 Å². The number of halogens is 1. The van der Waals surface area contributed by atoms with E-state index in [1.165, 1.54) is 16.7 Å². The van der Waals surface area contributed by atoms with Crippen molar-refractivity contribution < 1.29 is 18.4 Å². The molecule has 3 atom stereocenters. The van der Waals surface area contributed by atoms with Crippen LogP contribution < -0.4 is 10.5 Å². The first-order valence-corrected chi connectivity index (χ1v) is 15.3. The Hall–Kier alpha value is -4.83. The molecular weight excluding hydrogens is 591 g/mol. The Morgan fingerprint density at radius 1 is 1.07 bits per heavy atom. The van der Waals surface area contributed by atoms with Crippen LogP contribution in [0.1, 0.15) is 69.6 Å². The van der Waals surface area contributed by atoms with Crippen molar-refractivity contribution in [1.29, 1.82) is 5.26 Å². The van der Waals surface area contributed by atoms with E-state index < -0.39 is 11.6 Å². The SMILES string of the molecule is C[C@@H]1CN(c2cc(=O)n(C)c3ccc(C#N)nc23)[C@@H](C)CN1C(c1ccc(F)cc1)c1nc(C2CN(C(=O)OC(C)(C)C)C2)no1. The molecule has 0 bridgehead atoms. The minimum atomic E-state index is -0.583. The first-order valence-electron chi connectivity index (χ1n) is 15.3. The van der Waals surface area contributed by atoms with Gasteiger partial charge in [0.05, 0.1) is 17.1 Å². The fraction of sp³-hybridized carbons (Fsp3) is 0.455. The van der Waals surface area contributed by atoms with Crippen molar-refractivity contribution in [3.63, 3.8) is 0 Å². The topological polar surface area (TPSA) is 134 Å². The number of nitrogens with zero attached hydrogens (tertiary/aromatic N) is 8. The summed E-state index contributed by atoms with van der Waals surface area (Å²) in [6.45, 7) is 11.6. The number of likely N-dealkylation sites (tertiary alicyclic amines) is 1. The van der Waals surface area contributed by atoms with Crippen molar-refractivity contribution in [2.75, 3.05) is 31.1 Å². The van der Waals surface area contributed by atoms with Gasteiger partial charge >= 0.3 is 6.09 Å². The number of fused-ring (bicyclic) bond motifs is 1. The molecule has 0 spiro atoms. The molecular formula is C33H37FN8O4. The van der Waals surface area contributed by atoms with E-state index in [0.29, 0.717) is 54.6 Å². The van der Waals surface area contributed by atoms with Gasteiger partial charge in [-0.2, -0.15) is 10.2 Å². The molecule has 240 valence electrons. The maximum atomic E-state index is 14.0. The van der Waals surface area contributed by atoms with Crippen LogP contribution in [0.2, 0.25) is 0 Å². The number of carbonyl (C=O) groups excluding carboxylic acids is 1. The Balaban J connectivity index is 1.28. The normalized spacial score (nSPS) is 20.0. The number of piperazine rings is 1. The summed E-state index contributed by atoms with van der Waals surface area (Å²) in [6.07, 6.45) is -0.375. The molecule has 1 aromatic carbocycles. The minimum Gasteiger partial charge on any atom is -0.444 e. The van der Waals surface area contributed by atoms with Gasteiger partial charge in [0, 0.05) is 51.4 Å². The molecule has 2 aliphatic rings. The van der Waals surface area contributed by atoms with E-state index in [1.807, 2.05) is 20.8 Å². The van der Waals surface area contributed by atoms with E-state index in [9.17, 15) is 19.2 Å². The van der Waals surface area contributed by atoms with Crippen molar-refractivity contribution in [2.24, 2.45) is 7.05 Å². The summed E-state index contributed by atoms with van der Waals surface area (Å²) in [7, 11) is 1.69. The Morgan fingerprint density at radius 2 is 1.78 bits per heavy atom. The van der Waals surface area contributed by atoms with Crippen molar-refractivity contribution in [1.82, 2.24) is 29.5 Å². The van der Waals surface area contributed by atoms with Crippen LogP contribution in [0.25, 0.3) is 11.0 Å². The zero-order valence-corrected chi connectivity index (χ0v) is 26.8. The highest BCUT2D eigenvalue weighted by Gasteiger charge is 2.41. The smallest absolute Gasteiger partial charge is 0.410 e. The summed E-state index contributed by atoms with van der Waals surface area (Å²) >= 11 is 0. The minimum absolute atomic E-state index is 0.0776. The van der Waals surface area contributed by atoms with Gasteiger partial charge in [-0.05, 0) is 64.4 Å². The van der Waals surface area contributed by atoms with Gasteiger partial charge < -0.3 is 23.6 Å². The Bertz CT molecular complexity index is 1870. The molecule has 0 saturated carbocycles. The van der Waals surface area contributed by atoms with E-state index in [4.69, 9.17) is 14.2 Å². The number of rotatable bonds is 5. The molecule has 4 aromatic rings. The second-order valence-electron chi connectivity index (χ2n) is 13.2. The number of nitriles is 1. The van der Waals surface area contributed by atoms with Crippen LogP contribution >= 0.6 is 0 Å². The maximum absolute atomic E-state index is 14.0. The van der Waals surface area contributed by atoms with Gasteiger partial charge in [0.1, 0.15) is 34.7 Å². The van der Waals surface area contributed by atoms with E-state index in [1.54, 1.807) is 42.3 Å². The molecule has 1 unspecified atom stereocenters. The fourth-order valence-corrected chi connectivity index (χ4v) is 6.20. The number of aryl methyl sites for hydroxylation is 1. The lowest BCUT2D eigenvalue weighted by atomic mass is 9.98. The molecule has 2 fully saturated rings. The second kappa shape index (κ2) is 11.8. The predicted octanol–water partition coefficient (Wildman–Crippen LogP) is 4.35. The summed E-state index contributed by atoms with van der Waals surface area (Å²) in [5.74, 6) is 0.446. The molecule has 6 rings (SSSR count). The number of carbonyl (C=O) groups is 1. The number of pyridine rings is 2. The van der Waals surface area contributed by atoms with Crippen molar-refractivity contribution in [3.8, 4) is 6.07 Å². The highest BCUT2D eigenvalue weighted by Crippen LogP contribution is 2.36. The number of benzene rings is 1. The zero-order valence-electron chi connectivity index (χ0n) is 26.8. The summed E-state index contributed by atoms with van der Waals surface area (Å²) in [6, 6.07) is 12.7. The molecule has 12 nitrogen and oxygen atoms in total. The van der Waals surface area contributed by atoms with Crippen molar-refractivity contribution >= 4 is 22.8 Å². The van der Waals surface area contributed by atoms with Gasteiger partial charge in [0.15, 0.2) is 5.82 Å². The number of ether oxygens (including phenoxy) is 1. The third-order valence-electron chi connectivity index (χ3n) is 8.63. The van der Waals surface area contributed by atoms with Crippen LogP contribution in [0, 0.1) is 17.1 Å². The van der Waals surface area contributed by atoms with E-state index >= 15 is 0 Å². The van der Waals surface area contributed by atoms with Gasteiger partial charge in [-0.25, -0.2) is 14.2 Å². The molecule has 0 N–H and O–H groups in total. The maximum Gasteiger partial charge on any atom is 0.410 e. The van der Waals surface area contributed by atoms with Crippen LogP contribution in [0.5, 0.6) is 0 Å². The number of anilines is 1.